The molecule has 0 aliphatic rings. The van der Waals surface area contributed by atoms with E-state index in [1.54, 1.807) is 0 Å². The smallest absolute Gasteiger partial charge is 0.319 e. The number of aliphatic hydroxyl groups excluding tert-OH is 1. The van der Waals surface area contributed by atoms with E-state index in [1.807, 2.05) is 31.2 Å². The number of carbonyl (C=O) groups is 1. The van der Waals surface area contributed by atoms with Gasteiger partial charge in [-0.3, -0.25) is 4.79 Å². The second kappa shape index (κ2) is 7.68. The zero-order valence-electron chi connectivity index (χ0n) is 10.7. The Hall–Kier alpha value is -1.59. The summed E-state index contributed by atoms with van der Waals surface area (Å²) in [7, 11) is 1.32. The molecule has 0 fully saturated rings. The fourth-order valence-electron chi connectivity index (χ4n) is 1.37. The summed E-state index contributed by atoms with van der Waals surface area (Å²) in [6.45, 7) is 2.51. The molecule has 0 aliphatic carbocycles. The van der Waals surface area contributed by atoms with Crippen LogP contribution >= 0.6 is 0 Å². The minimum absolute atomic E-state index is 0.0814. The van der Waals surface area contributed by atoms with E-state index < -0.39 is 6.10 Å². The van der Waals surface area contributed by atoms with Crippen LogP contribution in [0.3, 0.4) is 0 Å². The van der Waals surface area contributed by atoms with Crippen LogP contribution in [0.15, 0.2) is 24.3 Å². The first kappa shape index (κ1) is 14.5. The molecule has 0 amide bonds. The van der Waals surface area contributed by atoms with Crippen LogP contribution in [0.25, 0.3) is 0 Å². The molecule has 1 rings (SSSR count). The fourth-order valence-corrected chi connectivity index (χ4v) is 1.37. The summed E-state index contributed by atoms with van der Waals surface area (Å²) < 4.78 is 9.89. The predicted molar refractivity (Wildman–Crippen MR) is 67.6 cm³/mol. The summed E-state index contributed by atoms with van der Waals surface area (Å²) >= 11 is 0. The van der Waals surface area contributed by atoms with E-state index in [2.05, 4.69) is 10.1 Å². The van der Waals surface area contributed by atoms with Gasteiger partial charge in [0.1, 0.15) is 18.5 Å². The summed E-state index contributed by atoms with van der Waals surface area (Å²) in [5, 5.41) is 12.4. The lowest BCUT2D eigenvalue weighted by atomic mass is 10.2. The average Bonchev–Trinajstić information content (AvgIpc) is 2.36. The summed E-state index contributed by atoms with van der Waals surface area (Å²) in [5.41, 5.74) is 1.10. The van der Waals surface area contributed by atoms with Crippen LogP contribution in [-0.4, -0.2) is 44.0 Å². The Bertz CT molecular complexity index is 381. The van der Waals surface area contributed by atoms with Crippen LogP contribution in [0.4, 0.5) is 0 Å². The number of aryl methyl sites for hydroxylation is 1. The molecule has 0 saturated carbocycles. The maximum atomic E-state index is 10.8. The first-order valence-corrected chi connectivity index (χ1v) is 5.77. The highest BCUT2D eigenvalue weighted by Crippen LogP contribution is 2.12. The van der Waals surface area contributed by atoms with Crippen LogP contribution < -0.4 is 10.1 Å². The molecule has 1 aromatic rings. The Labute approximate surface area is 107 Å². The van der Waals surface area contributed by atoms with Gasteiger partial charge >= 0.3 is 5.97 Å². The first-order valence-electron chi connectivity index (χ1n) is 5.77. The number of esters is 1. The predicted octanol–water partition coefficient (Wildman–Crippen LogP) is 0.497. The first-order chi connectivity index (χ1) is 8.61. The second-order valence-electron chi connectivity index (χ2n) is 3.99. The number of methoxy groups -OCH3 is 1. The molecular weight excluding hydrogens is 234 g/mol. The normalized spacial score (nSPS) is 11.9. The van der Waals surface area contributed by atoms with E-state index in [-0.39, 0.29) is 25.7 Å². The quantitative estimate of drug-likeness (QED) is 0.693. The average molecular weight is 253 g/mol. The third-order valence-corrected chi connectivity index (χ3v) is 2.31. The van der Waals surface area contributed by atoms with Crippen molar-refractivity contribution in [1.29, 1.82) is 0 Å². The van der Waals surface area contributed by atoms with E-state index in [4.69, 9.17) is 4.74 Å². The van der Waals surface area contributed by atoms with Crippen molar-refractivity contribution < 1.29 is 19.4 Å². The summed E-state index contributed by atoms with van der Waals surface area (Å²) in [6, 6.07) is 7.60. The number of benzene rings is 1. The Balaban J connectivity index is 2.20. The van der Waals surface area contributed by atoms with Gasteiger partial charge in [0.15, 0.2) is 0 Å². The molecule has 2 N–H and O–H groups in total. The number of aliphatic hydroxyl groups is 1. The van der Waals surface area contributed by atoms with Crippen molar-refractivity contribution in [2.45, 2.75) is 13.0 Å². The Kier molecular flexibility index (Phi) is 6.18. The molecule has 18 heavy (non-hydrogen) atoms. The lowest BCUT2D eigenvalue weighted by molar-refractivity contribution is -0.139. The van der Waals surface area contributed by atoms with Crippen molar-refractivity contribution >= 4 is 5.97 Å². The topological polar surface area (TPSA) is 67.8 Å². The molecule has 1 aromatic carbocycles. The Morgan fingerprint density at radius 3 is 2.94 bits per heavy atom. The summed E-state index contributed by atoms with van der Waals surface area (Å²) in [5.74, 6) is 0.365. The van der Waals surface area contributed by atoms with Crippen LogP contribution in [-0.2, 0) is 9.53 Å². The van der Waals surface area contributed by atoms with Gasteiger partial charge in [-0.05, 0) is 24.6 Å². The molecule has 0 aromatic heterocycles. The molecule has 0 heterocycles. The number of nitrogens with one attached hydrogen (secondary N) is 1. The Morgan fingerprint density at radius 2 is 2.28 bits per heavy atom. The van der Waals surface area contributed by atoms with Crippen molar-refractivity contribution in [2.75, 3.05) is 26.8 Å². The molecule has 1 unspecified atom stereocenters. The van der Waals surface area contributed by atoms with Crippen LogP contribution in [0.5, 0.6) is 5.75 Å². The maximum Gasteiger partial charge on any atom is 0.319 e. The molecule has 5 nitrogen and oxygen atoms in total. The van der Waals surface area contributed by atoms with E-state index in [0.717, 1.165) is 11.3 Å². The molecule has 0 spiro atoms. The van der Waals surface area contributed by atoms with Gasteiger partial charge in [-0.15, -0.1) is 0 Å². The number of hydrogen-bond acceptors (Lipinski definition) is 5. The number of rotatable bonds is 7. The summed E-state index contributed by atoms with van der Waals surface area (Å²) in [4.78, 5) is 10.8. The molecule has 0 radical (unpaired) electrons. The van der Waals surface area contributed by atoms with Gasteiger partial charge in [0.25, 0.3) is 0 Å². The van der Waals surface area contributed by atoms with Crippen molar-refractivity contribution in [1.82, 2.24) is 5.32 Å². The molecule has 100 valence electrons. The van der Waals surface area contributed by atoms with E-state index >= 15 is 0 Å². The number of ether oxygens (including phenoxy) is 2. The minimum Gasteiger partial charge on any atom is -0.491 e. The number of carbonyl (C=O) groups excluding carboxylic acids is 1. The lowest BCUT2D eigenvalue weighted by Crippen LogP contribution is -2.34. The lowest BCUT2D eigenvalue weighted by Gasteiger charge is -2.13. The standard InChI is InChI=1S/C13H19NO4/c1-10-4-3-5-12(6-10)18-9-11(15)7-14-8-13(16)17-2/h3-6,11,14-15H,7-9H2,1-2H3. The van der Waals surface area contributed by atoms with Gasteiger partial charge < -0.3 is 19.9 Å². The zero-order chi connectivity index (χ0) is 13.4. The van der Waals surface area contributed by atoms with E-state index in [0.29, 0.717) is 0 Å². The molecule has 0 saturated heterocycles. The van der Waals surface area contributed by atoms with Crippen molar-refractivity contribution in [2.24, 2.45) is 0 Å². The highest BCUT2D eigenvalue weighted by molar-refractivity contribution is 5.71. The largest absolute Gasteiger partial charge is 0.491 e. The molecule has 5 heteroatoms. The highest BCUT2D eigenvalue weighted by atomic mass is 16.5. The van der Waals surface area contributed by atoms with E-state index in [9.17, 15) is 9.90 Å². The molecular formula is C13H19NO4. The molecule has 1 atom stereocenters. The van der Waals surface area contributed by atoms with Gasteiger partial charge in [-0.2, -0.15) is 0 Å². The SMILES string of the molecule is COC(=O)CNCC(O)COc1cccc(C)c1. The van der Waals surface area contributed by atoms with Gasteiger partial charge in [0, 0.05) is 6.54 Å². The van der Waals surface area contributed by atoms with Crippen LogP contribution in [0, 0.1) is 6.92 Å². The third-order valence-electron chi connectivity index (χ3n) is 2.31. The van der Waals surface area contributed by atoms with Crippen molar-refractivity contribution in [3.8, 4) is 5.75 Å². The zero-order valence-corrected chi connectivity index (χ0v) is 10.7. The molecule has 0 aliphatic heterocycles. The fraction of sp³-hybridized carbons (Fsp3) is 0.462. The molecule has 0 bridgehead atoms. The van der Waals surface area contributed by atoms with Crippen LogP contribution in [0.1, 0.15) is 5.56 Å². The summed E-state index contributed by atoms with van der Waals surface area (Å²) in [6.07, 6.45) is -0.671. The number of hydrogen-bond donors (Lipinski definition) is 2. The Morgan fingerprint density at radius 1 is 1.50 bits per heavy atom. The monoisotopic (exact) mass is 253 g/mol. The third kappa shape index (κ3) is 5.65. The van der Waals surface area contributed by atoms with Crippen LogP contribution in [0.2, 0.25) is 0 Å². The highest BCUT2D eigenvalue weighted by Gasteiger charge is 2.06. The van der Waals surface area contributed by atoms with Crippen molar-refractivity contribution in [3.63, 3.8) is 0 Å². The minimum atomic E-state index is -0.671. The van der Waals surface area contributed by atoms with E-state index in [1.165, 1.54) is 7.11 Å². The van der Waals surface area contributed by atoms with Gasteiger partial charge in [-0.1, -0.05) is 12.1 Å². The van der Waals surface area contributed by atoms with Gasteiger partial charge in [0.05, 0.1) is 13.7 Å². The van der Waals surface area contributed by atoms with Gasteiger partial charge in [-0.25, -0.2) is 0 Å². The van der Waals surface area contributed by atoms with Crippen molar-refractivity contribution in [3.05, 3.63) is 29.8 Å². The maximum absolute atomic E-state index is 10.8. The van der Waals surface area contributed by atoms with Gasteiger partial charge in [0.2, 0.25) is 0 Å². The second-order valence-corrected chi connectivity index (χ2v) is 3.99.